The number of hydrogen-bond donors (Lipinski definition) is 2. The molecule has 4 aliphatic heterocycles. The lowest BCUT2D eigenvalue weighted by Gasteiger charge is -2.60. The van der Waals surface area contributed by atoms with Crippen LogP contribution in [0.5, 0.6) is 28.7 Å². The molecule has 3 aromatic rings. The molecule has 2 N–H and O–H groups in total. The maximum Gasteiger partial charge on any atom is 0.416 e. The number of halogens is 3. The Kier molecular flexibility index (Phi) is 8.83. The number of nitrogens with zero attached hydrogens (tertiary/aromatic N) is 3. The molecule has 52 heavy (non-hydrogen) atoms. The van der Waals surface area contributed by atoms with Crippen LogP contribution < -0.4 is 24.3 Å². The van der Waals surface area contributed by atoms with E-state index in [1.807, 2.05) is 20.0 Å². The highest BCUT2D eigenvalue weighted by Crippen LogP contribution is 2.58. The van der Waals surface area contributed by atoms with Crippen LogP contribution in [0.4, 0.5) is 13.2 Å². The fourth-order valence-electron chi connectivity index (χ4n) is 8.56. The van der Waals surface area contributed by atoms with Gasteiger partial charge in [0.2, 0.25) is 12.7 Å². The molecule has 1 amide bonds. The minimum atomic E-state index is -4.54. The smallest absolute Gasteiger partial charge is 0.416 e. The van der Waals surface area contributed by atoms with E-state index in [9.17, 15) is 33.1 Å². The number of hydrogen-bond acceptors (Lipinski definition) is 10. The number of benzene rings is 3. The number of alkyl halides is 3. The Hall–Kier alpha value is -5.26. The summed E-state index contributed by atoms with van der Waals surface area (Å²) >= 11 is 0. The Labute approximate surface area is 298 Å². The summed E-state index contributed by atoms with van der Waals surface area (Å²) in [7, 11) is 3.42. The molecule has 0 radical (unpaired) electrons. The number of nitrogens with one attached hydrogen (secondary N) is 1. The van der Waals surface area contributed by atoms with Crippen molar-refractivity contribution in [3.8, 4) is 34.8 Å². The molecule has 4 aliphatic rings. The van der Waals surface area contributed by atoms with Gasteiger partial charge in [-0.15, -0.1) is 0 Å². The Morgan fingerprint density at radius 2 is 1.87 bits per heavy atom. The van der Waals surface area contributed by atoms with E-state index in [2.05, 4.69) is 21.2 Å². The predicted octanol–water partition coefficient (Wildman–Crippen LogP) is 5.29. The van der Waals surface area contributed by atoms with Crippen LogP contribution in [-0.4, -0.2) is 72.4 Å². The van der Waals surface area contributed by atoms with Gasteiger partial charge in [0.05, 0.1) is 30.8 Å². The molecule has 2 bridgehead atoms. The maximum atomic E-state index is 13.3. The fourth-order valence-corrected chi connectivity index (χ4v) is 8.56. The van der Waals surface area contributed by atoms with Crippen molar-refractivity contribution in [2.45, 2.75) is 70.0 Å². The number of phenols is 1. The van der Waals surface area contributed by atoms with Crippen molar-refractivity contribution in [2.75, 3.05) is 27.5 Å². The normalized spacial score (nSPS) is 23.3. The first-order chi connectivity index (χ1) is 24.7. The molecule has 11 nitrogen and oxygen atoms in total. The molecule has 1 unspecified atom stereocenters. The number of fused-ring (bicyclic) bond motifs is 9. The van der Waals surface area contributed by atoms with Gasteiger partial charge in [-0.05, 0) is 68.6 Å². The molecule has 0 spiro atoms. The van der Waals surface area contributed by atoms with Crippen molar-refractivity contribution in [1.82, 2.24) is 15.1 Å². The number of rotatable bonds is 6. The summed E-state index contributed by atoms with van der Waals surface area (Å²) in [6.07, 6.45) is -1.34. The summed E-state index contributed by atoms with van der Waals surface area (Å²) in [5.74, 6) is 0.350. The summed E-state index contributed by atoms with van der Waals surface area (Å²) in [5.41, 5.74) is 3.50. The van der Waals surface area contributed by atoms with Gasteiger partial charge in [-0.3, -0.25) is 19.4 Å². The van der Waals surface area contributed by atoms with E-state index in [-0.39, 0.29) is 37.1 Å². The average molecular weight is 719 g/mol. The van der Waals surface area contributed by atoms with Gasteiger partial charge in [0, 0.05) is 53.9 Å². The number of ether oxygens (including phenoxy) is 4. The molecular formula is C38H37F3N4O7. The van der Waals surface area contributed by atoms with E-state index < -0.39 is 47.8 Å². The topological polar surface area (TPSA) is 134 Å². The van der Waals surface area contributed by atoms with Crippen molar-refractivity contribution < 1.29 is 46.8 Å². The van der Waals surface area contributed by atoms with Crippen LogP contribution in [0.1, 0.15) is 63.5 Å². The number of carbonyl (C=O) groups excluding carboxylic acids is 2. The van der Waals surface area contributed by atoms with Gasteiger partial charge in [0.15, 0.2) is 23.0 Å². The van der Waals surface area contributed by atoms with Gasteiger partial charge in [-0.25, -0.2) is 0 Å². The van der Waals surface area contributed by atoms with Gasteiger partial charge in [-0.2, -0.15) is 18.4 Å². The highest BCUT2D eigenvalue weighted by molar-refractivity contribution is 5.91. The van der Waals surface area contributed by atoms with Crippen molar-refractivity contribution >= 4 is 18.0 Å². The molecule has 1 saturated heterocycles. The second-order valence-corrected chi connectivity index (χ2v) is 13.5. The van der Waals surface area contributed by atoms with Crippen LogP contribution in [0.25, 0.3) is 6.08 Å². The zero-order valence-corrected chi connectivity index (χ0v) is 29.1. The Morgan fingerprint density at radius 3 is 2.56 bits per heavy atom. The number of amides is 1. The molecule has 0 saturated carbocycles. The highest BCUT2D eigenvalue weighted by Gasteiger charge is 2.57. The maximum absolute atomic E-state index is 13.3. The zero-order valence-electron chi connectivity index (χ0n) is 29.1. The fraction of sp³-hybridized carbons (Fsp3) is 0.395. The SMILES string of the molecule is COc1c(C)cc2c(c1O)[C@@H]1C3Cc4c(OC(C)=O)c(C)c5c(c4[C@H](CNC(=O)/C=C/c4cccc(C(F)(F)F)c4)N3[C@@H](C#N)[C@H](C2)N1C)OCO5. The van der Waals surface area contributed by atoms with Gasteiger partial charge in [0.25, 0.3) is 0 Å². The zero-order chi connectivity index (χ0) is 37.2. The second-order valence-electron chi connectivity index (χ2n) is 13.5. The minimum absolute atomic E-state index is 0.0145. The molecule has 272 valence electrons. The number of esters is 1. The van der Waals surface area contributed by atoms with Crippen molar-refractivity contribution in [3.63, 3.8) is 0 Å². The van der Waals surface area contributed by atoms with Gasteiger partial charge in [-0.1, -0.05) is 18.2 Å². The highest BCUT2D eigenvalue weighted by atomic mass is 19.4. The molecule has 1 fully saturated rings. The number of piperazine rings is 1. The molecule has 3 aromatic carbocycles. The molecule has 5 atom stereocenters. The lowest BCUT2D eigenvalue weighted by molar-refractivity contribution is -0.137. The molecule has 4 heterocycles. The summed E-state index contributed by atoms with van der Waals surface area (Å²) in [4.78, 5) is 30.0. The predicted molar refractivity (Wildman–Crippen MR) is 181 cm³/mol. The number of carbonyl (C=O) groups is 2. The Morgan fingerprint density at radius 1 is 1.12 bits per heavy atom. The number of aryl methyl sites for hydroxylation is 1. The van der Waals surface area contributed by atoms with Crippen LogP contribution in [-0.2, 0) is 28.6 Å². The number of methoxy groups -OCH3 is 1. The lowest BCUT2D eigenvalue weighted by Crippen LogP contribution is -2.68. The Bertz CT molecular complexity index is 2060. The first-order valence-corrected chi connectivity index (χ1v) is 16.8. The third-order valence-corrected chi connectivity index (χ3v) is 10.6. The summed E-state index contributed by atoms with van der Waals surface area (Å²) < 4.78 is 63.3. The van der Waals surface area contributed by atoms with Crippen LogP contribution in [0.2, 0.25) is 0 Å². The largest absolute Gasteiger partial charge is 0.504 e. The van der Waals surface area contributed by atoms with Gasteiger partial charge >= 0.3 is 12.1 Å². The second kappa shape index (κ2) is 13.1. The number of nitriles is 1. The number of likely N-dealkylation sites (N-methyl/N-ethyl adjacent to an activating group) is 1. The summed E-state index contributed by atoms with van der Waals surface area (Å²) in [6, 6.07) is 6.51. The number of aromatic hydroxyl groups is 1. The minimum Gasteiger partial charge on any atom is -0.504 e. The van der Waals surface area contributed by atoms with Crippen LogP contribution >= 0.6 is 0 Å². The van der Waals surface area contributed by atoms with Crippen LogP contribution in [0, 0.1) is 25.2 Å². The number of phenolic OH excluding ortho intramolecular Hbond substituents is 1. The third kappa shape index (κ3) is 5.68. The Balaban J connectivity index is 1.35. The van der Waals surface area contributed by atoms with E-state index in [0.717, 1.165) is 29.3 Å². The first kappa shape index (κ1) is 35.2. The first-order valence-electron chi connectivity index (χ1n) is 16.8. The molecule has 14 heteroatoms. The molecule has 0 aromatic heterocycles. The quantitative estimate of drug-likeness (QED) is 0.197. The van der Waals surface area contributed by atoms with Gasteiger partial charge < -0.3 is 29.4 Å². The van der Waals surface area contributed by atoms with E-state index >= 15 is 0 Å². The van der Waals surface area contributed by atoms with Crippen molar-refractivity contribution in [1.29, 1.82) is 5.26 Å². The molecule has 7 rings (SSSR count). The molecular weight excluding hydrogens is 681 g/mol. The van der Waals surface area contributed by atoms with Crippen molar-refractivity contribution in [3.05, 3.63) is 80.9 Å². The van der Waals surface area contributed by atoms with E-state index in [4.69, 9.17) is 18.9 Å². The van der Waals surface area contributed by atoms with Crippen LogP contribution in [0.15, 0.2) is 36.4 Å². The molecule has 0 aliphatic carbocycles. The van der Waals surface area contributed by atoms with Gasteiger partial charge in [0.1, 0.15) is 11.8 Å². The standard InChI is InChI=1S/C38H37F3N4O7/c1-18-11-22-13-25-27(15-42)45-26(32(44(25)4)30(22)33(48)34(18)49-5)14-24-31(37-36(50-17-51-37)19(2)35(24)52-20(3)46)28(45)16-43-29(47)10-9-21-7-6-8-23(12-21)38(39,40)41/h6-12,25-28,32,48H,13-14,16-17H2,1-5H3,(H,43,47)/b10-9+/t25-,26?,27-,28-,32-/m0/s1. The lowest BCUT2D eigenvalue weighted by atomic mass is 9.71. The van der Waals surface area contributed by atoms with E-state index in [1.165, 1.54) is 32.2 Å². The van der Waals surface area contributed by atoms with E-state index in [0.29, 0.717) is 51.7 Å². The average Bonchev–Trinajstić information content (AvgIpc) is 3.58. The van der Waals surface area contributed by atoms with E-state index in [1.54, 1.807) is 6.92 Å². The third-order valence-electron chi connectivity index (χ3n) is 10.6. The van der Waals surface area contributed by atoms with Crippen LogP contribution in [0.3, 0.4) is 0 Å². The summed E-state index contributed by atoms with van der Waals surface area (Å²) in [5, 5.41) is 25.4. The monoisotopic (exact) mass is 718 g/mol. The van der Waals surface area contributed by atoms with Crippen molar-refractivity contribution in [2.24, 2.45) is 0 Å². The summed E-state index contributed by atoms with van der Waals surface area (Å²) in [6.45, 7) is 4.78.